The Kier molecular flexibility index (Phi) is 5.87. The highest BCUT2D eigenvalue weighted by molar-refractivity contribution is 6.32. The molecule has 0 aromatic heterocycles. The third-order valence-corrected chi connectivity index (χ3v) is 3.37. The highest BCUT2D eigenvalue weighted by Gasteiger charge is 2.22. The van der Waals surface area contributed by atoms with Gasteiger partial charge in [-0.3, -0.25) is 5.84 Å². The largest absolute Gasteiger partial charge is 0.493 e. The van der Waals surface area contributed by atoms with Crippen LogP contribution in [0.1, 0.15) is 25.8 Å². The van der Waals surface area contributed by atoms with Crippen molar-refractivity contribution in [3.05, 3.63) is 34.5 Å². The lowest BCUT2D eigenvalue weighted by atomic mass is 10.1. The summed E-state index contributed by atoms with van der Waals surface area (Å²) in [6, 6.07) is 4.94. The number of aliphatic carboxylic acids is 1. The van der Waals surface area contributed by atoms with Gasteiger partial charge in [-0.15, -0.1) is 0 Å². The van der Waals surface area contributed by atoms with Crippen LogP contribution in [-0.2, 0) is 4.79 Å². The van der Waals surface area contributed by atoms with Gasteiger partial charge >= 0.3 is 5.97 Å². The molecule has 0 heterocycles. The molecule has 1 aliphatic rings. The zero-order valence-electron chi connectivity index (χ0n) is 10.7. The predicted molar refractivity (Wildman–Crippen MR) is 82.5 cm³/mol. The highest BCUT2D eigenvalue weighted by atomic mass is 35.5. The van der Waals surface area contributed by atoms with Crippen LogP contribution in [0, 0.1) is 5.92 Å². The minimum absolute atomic E-state index is 0. The van der Waals surface area contributed by atoms with Crippen LogP contribution < -0.4 is 21.7 Å². The standard InChI is InChI=1S/C13H16ClN3O3.CH4/c14-10-4-3-8(20-6-7-1-2-7)5-9(10)11(15)12(17-16)13(18)19;/h3-5,7,17H,1-2,6,15-16H2,(H,18,19);1H4/b12-11-;. The van der Waals surface area contributed by atoms with Crippen LogP contribution in [0.25, 0.3) is 5.70 Å². The Balaban J connectivity index is 0.00000220. The molecule has 0 saturated heterocycles. The molecule has 1 aromatic rings. The Labute approximate surface area is 128 Å². The number of carboxylic acids is 1. The van der Waals surface area contributed by atoms with Crippen molar-refractivity contribution in [3.63, 3.8) is 0 Å². The molecule has 0 atom stereocenters. The number of carbonyl (C=O) groups is 1. The SMILES string of the molecule is C.NN/C(C(=O)O)=C(\N)c1cc(OCC2CC2)ccc1Cl. The van der Waals surface area contributed by atoms with Gasteiger partial charge in [0.25, 0.3) is 0 Å². The van der Waals surface area contributed by atoms with E-state index in [2.05, 4.69) is 5.43 Å². The molecule has 116 valence electrons. The van der Waals surface area contributed by atoms with Gasteiger partial charge in [0, 0.05) is 5.56 Å². The second kappa shape index (κ2) is 7.19. The number of hydrogen-bond acceptors (Lipinski definition) is 5. The summed E-state index contributed by atoms with van der Waals surface area (Å²) in [5, 5.41) is 9.32. The number of benzene rings is 1. The molecule has 1 aliphatic carbocycles. The topological polar surface area (TPSA) is 111 Å². The van der Waals surface area contributed by atoms with Crippen molar-refractivity contribution >= 4 is 23.3 Å². The maximum absolute atomic E-state index is 11.0. The summed E-state index contributed by atoms with van der Waals surface area (Å²) < 4.78 is 5.61. The number of nitrogens with two attached hydrogens (primary N) is 2. The van der Waals surface area contributed by atoms with Gasteiger partial charge in [-0.2, -0.15) is 0 Å². The highest BCUT2D eigenvalue weighted by Crippen LogP contribution is 2.31. The molecule has 6 N–H and O–H groups in total. The summed E-state index contributed by atoms with van der Waals surface area (Å²) in [5.41, 5.74) is 7.88. The fourth-order valence-electron chi connectivity index (χ4n) is 1.69. The van der Waals surface area contributed by atoms with E-state index in [1.807, 2.05) is 0 Å². The molecule has 21 heavy (non-hydrogen) atoms. The molecule has 0 unspecified atom stereocenters. The first-order valence-electron chi connectivity index (χ1n) is 6.15. The zero-order valence-corrected chi connectivity index (χ0v) is 11.5. The monoisotopic (exact) mass is 313 g/mol. The molecule has 0 bridgehead atoms. The molecule has 0 aliphatic heterocycles. The van der Waals surface area contributed by atoms with Gasteiger partial charge in [-0.05, 0) is 37.0 Å². The van der Waals surface area contributed by atoms with Crippen molar-refractivity contribution in [1.82, 2.24) is 5.43 Å². The lowest BCUT2D eigenvalue weighted by Gasteiger charge is -2.12. The van der Waals surface area contributed by atoms with Crippen molar-refractivity contribution in [2.45, 2.75) is 20.3 Å². The predicted octanol–water partition coefficient (Wildman–Crippen LogP) is 1.94. The number of carboxylic acid groups (broad SMARTS) is 1. The summed E-state index contributed by atoms with van der Waals surface area (Å²) in [6.45, 7) is 0.644. The second-order valence-corrected chi connectivity index (χ2v) is 5.04. The summed E-state index contributed by atoms with van der Waals surface area (Å²) >= 11 is 6.04. The van der Waals surface area contributed by atoms with E-state index in [9.17, 15) is 4.79 Å². The number of hydrazine groups is 1. The molecule has 7 heteroatoms. The number of rotatable bonds is 6. The maximum atomic E-state index is 11.0. The summed E-state index contributed by atoms with van der Waals surface area (Å²) in [7, 11) is 0. The number of ether oxygens (including phenoxy) is 1. The minimum atomic E-state index is -1.26. The lowest BCUT2D eigenvalue weighted by molar-refractivity contribution is -0.133. The molecule has 1 aromatic carbocycles. The number of nitrogens with one attached hydrogen (secondary N) is 1. The molecule has 0 radical (unpaired) electrons. The number of hydrogen-bond donors (Lipinski definition) is 4. The Morgan fingerprint density at radius 3 is 2.67 bits per heavy atom. The van der Waals surface area contributed by atoms with Gasteiger partial charge in [0.2, 0.25) is 0 Å². The van der Waals surface area contributed by atoms with Crippen LogP contribution in [0.15, 0.2) is 23.9 Å². The van der Waals surface area contributed by atoms with Crippen molar-refractivity contribution in [2.24, 2.45) is 17.5 Å². The normalized spacial score (nSPS) is 14.8. The van der Waals surface area contributed by atoms with Gasteiger partial charge in [0.1, 0.15) is 5.75 Å². The zero-order chi connectivity index (χ0) is 14.7. The molecular weight excluding hydrogens is 294 g/mol. The van der Waals surface area contributed by atoms with E-state index in [0.717, 1.165) is 0 Å². The van der Waals surface area contributed by atoms with Crippen LogP contribution >= 0.6 is 11.6 Å². The Bertz CT molecular complexity index is 556. The van der Waals surface area contributed by atoms with Crippen LogP contribution in [0.4, 0.5) is 0 Å². The summed E-state index contributed by atoms with van der Waals surface area (Å²) in [4.78, 5) is 11.0. The van der Waals surface area contributed by atoms with E-state index in [1.165, 1.54) is 12.8 Å². The second-order valence-electron chi connectivity index (χ2n) is 4.63. The fourth-order valence-corrected chi connectivity index (χ4v) is 1.91. The molecular formula is C14H20ClN3O3. The Morgan fingerprint density at radius 2 is 2.14 bits per heavy atom. The van der Waals surface area contributed by atoms with Crippen molar-refractivity contribution < 1.29 is 14.6 Å². The van der Waals surface area contributed by atoms with Crippen LogP contribution in [-0.4, -0.2) is 17.7 Å². The molecule has 0 spiro atoms. The molecule has 1 saturated carbocycles. The minimum Gasteiger partial charge on any atom is -0.493 e. The molecule has 1 fully saturated rings. The van der Waals surface area contributed by atoms with Crippen molar-refractivity contribution in [3.8, 4) is 5.75 Å². The third-order valence-electron chi connectivity index (χ3n) is 3.04. The Hall–Kier alpha value is -1.92. The van der Waals surface area contributed by atoms with Crippen LogP contribution in [0.2, 0.25) is 5.02 Å². The van der Waals surface area contributed by atoms with E-state index in [4.69, 9.17) is 33.0 Å². The quantitative estimate of drug-likeness (QED) is 0.363. The first-order valence-corrected chi connectivity index (χ1v) is 6.53. The van der Waals surface area contributed by atoms with Gasteiger partial charge in [-0.1, -0.05) is 19.0 Å². The number of halogens is 1. The Morgan fingerprint density at radius 1 is 1.48 bits per heavy atom. The van der Waals surface area contributed by atoms with Crippen molar-refractivity contribution in [1.29, 1.82) is 0 Å². The lowest BCUT2D eigenvalue weighted by Crippen LogP contribution is -2.29. The molecule has 6 nitrogen and oxygen atoms in total. The van der Waals surface area contributed by atoms with E-state index < -0.39 is 5.97 Å². The van der Waals surface area contributed by atoms with Crippen molar-refractivity contribution in [2.75, 3.05) is 6.61 Å². The molecule has 2 rings (SSSR count). The van der Waals surface area contributed by atoms with Gasteiger partial charge in [0.15, 0.2) is 5.70 Å². The average molecular weight is 314 g/mol. The van der Waals surface area contributed by atoms with Gasteiger partial charge in [0.05, 0.1) is 17.3 Å². The molecule has 0 amide bonds. The van der Waals surface area contributed by atoms with E-state index >= 15 is 0 Å². The van der Waals surface area contributed by atoms with Gasteiger partial charge < -0.3 is 21.0 Å². The van der Waals surface area contributed by atoms with Crippen LogP contribution in [0.5, 0.6) is 5.75 Å². The van der Waals surface area contributed by atoms with Gasteiger partial charge in [-0.25, -0.2) is 4.79 Å². The smallest absolute Gasteiger partial charge is 0.355 e. The summed E-state index contributed by atoms with van der Waals surface area (Å²) in [6.07, 6.45) is 2.37. The fraction of sp³-hybridized carbons (Fsp3) is 0.357. The van der Waals surface area contributed by atoms with E-state index in [1.54, 1.807) is 18.2 Å². The maximum Gasteiger partial charge on any atom is 0.355 e. The van der Waals surface area contributed by atoms with E-state index in [0.29, 0.717) is 28.9 Å². The van der Waals surface area contributed by atoms with Crippen LogP contribution in [0.3, 0.4) is 0 Å². The third kappa shape index (κ3) is 4.27. The summed E-state index contributed by atoms with van der Waals surface area (Å²) in [5.74, 6) is 5.12. The van der Waals surface area contributed by atoms with E-state index in [-0.39, 0.29) is 18.8 Å². The first kappa shape index (κ1) is 17.1. The first-order chi connectivity index (χ1) is 9.52. The average Bonchev–Trinajstić information content (AvgIpc) is 3.22.